The minimum absolute atomic E-state index is 0.113. The van der Waals surface area contributed by atoms with Crippen LogP contribution in [0.2, 0.25) is 5.02 Å². The molecule has 31 heavy (non-hydrogen) atoms. The van der Waals surface area contributed by atoms with Gasteiger partial charge in [0.25, 0.3) is 0 Å². The van der Waals surface area contributed by atoms with E-state index in [4.69, 9.17) is 25.8 Å². The Balaban J connectivity index is 1.62. The van der Waals surface area contributed by atoms with Crippen molar-refractivity contribution in [3.63, 3.8) is 0 Å². The number of benzene rings is 4. The Morgan fingerprint density at radius 3 is 2.39 bits per heavy atom. The molecule has 0 aromatic heterocycles. The molecule has 0 saturated carbocycles. The smallest absolute Gasteiger partial charge is 0.330 e. The lowest BCUT2D eigenvalue weighted by Crippen LogP contribution is -2.30. The topological polar surface area (TPSA) is 44.8 Å². The largest absolute Gasteiger partial charge is 0.490 e. The summed E-state index contributed by atoms with van der Waals surface area (Å²) in [5, 5.41) is 4.53. The van der Waals surface area contributed by atoms with E-state index in [-0.39, 0.29) is 13.2 Å². The Hall–Kier alpha value is -3.50. The van der Waals surface area contributed by atoms with Crippen LogP contribution in [-0.2, 0) is 9.53 Å². The van der Waals surface area contributed by atoms with Crippen LogP contribution in [0.1, 0.15) is 0 Å². The van der Waals surface area contributed by atoms with Crippen LogP contribution >= 0.6 is 11.6 Å². The summed E-state index contributed by atoms with van der Waals surface area (Å²) in [6, 6.07) is 25.1. The van der Waals surface area contributed by atoms with E-state index in [1.165, 1.54) is 0 Å². The average molecular weight is 433 g/mol. The third-order valence-electron chi connectivity index (χ3n) is 4.82. The minimum Gasteiger partial charge on any atom is -0.490 e. The van der Waals surface area contributed by atoms with Gasteiger partial charge in [0.15, 0.2) is 6.10 Å². The number of para-hydroxylation sites is 1. The zero-order valence-electron chi connectivity index (χ0n) is 16.8. The maximum absolute atomic E-state index is 11.8. The van der Waals surface area contributed by atoms with Crippen LogP contribution in [0.15, 0.2) is 91.5 Å². The second-order valence-electron chi connectivity index (χ2n) is 6.99. The van der Waals surface area contributed by atoms with E-state index >= 15 is 0 Å². The number of fused-ring (bicyclic) bond motifs is 2. The molecule has 1 atom stereocenters. The monoisotopic (exact) mass is 432 g/mol. The van der Waals surface area contributed by atoms with Crippen molar-refractivity contribution in [1.82, 2.24) is 0 Å². The van der Waals surface area contributed by atoms with Crippen LogP contribution in [0.3, 0.4) is 0 Å². The average Bonchev–Trinajstić information content (AvgIpc) is 2.80. The number of halogens is 1. The Kier molecular flexibility index (Phi) is 6.39. The molecule has 0 spiro atoms. The molecule has 0 fully saturated rings. The number of carbonyl (C=O) groups excluding carboxylic acids is 1. The van der Waals surface area contributed by atoms with Gasteiger partial charge in [0.05, 0.1) is 0 Å². The highest BCUT2D eigenvalue weighted by molar-refractivity contribution is 6.31. The first kappa shape index (κ1) is 20.8. The van der Waals surface area contributed by atoms with Crippen LogP contribution in [0.25, 0.3) is 21.5 Å². The lowest BCUT2D eigenvalue weighted by molar-refractivity contribution is -0.146. The van der Waals surface area contributed by atoms with Crippen LogP contribution in [0, 0.1) is 0 Å². The number of esters is 1. The Morgan fingerprint density at radius 2 is 1.58 bits per heavy atom. The summed E-state index contributed by atoms with van der Waals surface area (Å²) in [5.41, 5.74) is 0. The number of carbonyl (C=O) groups is 1. The molecule has 0 aliphatic heterocycles. The number of ether oxygens (including phenoxy) is 3. The van der Waals surface area contributed by atoms with E-state index in [0.29, 0.717) is 16.5 Å². The van der Waals surface area contributed by atoms with Crippen molar-refractivity contribution < 1.29 is 19.0 Å². The van der Waals surface area contributed by atoms with Crippen LogP contribution < -0.4 is 9.47 Å². The first-order valence-corrected chi connectivity index (χ1v) is 10.3. The summed E-state index contributed by atoms with van der Waals surface area (Å²) in [7, 11) is 0. The SMILES string of the molecule is C=CC(=O)OC(COc1ccccc1)COc1c2ccccc2cc2ccc(Cl)cc12. The van der Waals surface area contributed by atoms with Gasteiger partial charge in [-0.2, -0.15) is 0 Å². The molecule has 0 radical (unpaired) electrons. The molecular weight excluding hydrogens is 412 g/mol. The molecule has 0 amide bonds. The standard InChI is InChI=1S/C26H21ClO4/c1-2-25(28)31-22(16-29-21-9-4-3-5-10-21)17-30-26-23-11-7-6-8-18(23)14-19-12-13-20(27)15-24(19)26/h2-15,22H,1,16-17H2. The highest BCUT2D eigenvalue weighted by atomic mass is 35.5. The molecule has 4 aromatic carbocycles. The van der Waals surface area contributed by atoms with E-state index in [1.54, 1.807) is 0 Å². The summed E-state index contributed by atoms with van der Waals surface area (Å²) >= 11 is 6.25. The number of hydrogen-bond donors (Lipinski definition) is 0. The third kappa shape index (κ3) is 4.98. The zero-order chi connectivity index (χ0) is 21.6. The zero-order valence-corrected chi connectivity index (χ0v) is 17.5. The lowest BCUT2D eigenvalue weighted by atomic mass is 10.0. The summed E-state index contributed by atoms with van der Waals surface area (Å²) in [6.45, 7) is 3.73. The Morgan fingerprint density at radius 1 is 0.871 bits per heavy atom. The molecule has 4 aromatic rings. The van der Waals surface area contributed by atoms with Crippen molar-refractivity contribution in [3.05, 3.63) is 96.5 Å². The van der Waals surface area contributed by atoms with E-state index in [9.17, 15) is 4.79 Å². The highest BCUT2D eigenvalue weighted by Gasteiger charge is 2.17. The third-order valence-corrected chi connectivity index (χ3v) is 5.05. The summed E-state index contributed by atoms with van der Waals surface area (Å²) in [6.07, 6.45) is 0.502. The van der Waals surface area contributed by atoms with Gasteiger partial charge in [-0.25, -0.2) is 4.79 Å². The van der Waals surface area contributed by atoms with Crippen molar-refractivity contribution in [3.8, 4) is 11.5 Å². The van der Waals surface area contributed by atoms with Gasteiger partial charge in [-0.05, 0) is 41.1 Å². The fourth-order valence-electron chi connectivity index (χ4n) is 3.36. The number of hydrogen-bond acceptors (Lipinski definition) is 4. The van der Waals surface area contributed by atoms with Crippen molar-refractivity contribution in [2.75, 3.05) is 13.2 Å². The Bertz CT molecular complexity index is 1220. The maximum atomic E-state index is 11.8. The van der Waals surface area contributed by atoms with Crippen molar-refractivity contribution in [2.24, 2.45) is 0 Å². The van der Waals surface area contributed by atoms with Gasteiger partial charge in [-0.15, -0.1) is 0 Å². The first-order valence-electron chi connectivity index (χ1n) is 9.89. The molecule has 1 unspecified atom stereocenters. The van der Waals surface area contributed by atoms with Gasteiger partial charge in [-0.3, -0.25) is 0 Å². The lowest BCUT2D eigenvalue weighted by Gasteiger charge is -2.20. The Labute approximate surface area is 185 Å². The van der Waals surface area contributed by atoms with Crippen molar-refractivity contribution in [2.45, 2.75) is 6.10 Å². The molecule has 0 aliphatic carbocycles. The van der Waals surface area contributed by atoms with Crippen molar-refractivity contribution >= 4 is 39.1 Å². The van der Waals surface area contributed by atoms with Crippen LogP contribution in [-0.4, -0.2) is 25.3 Å². The normalized spacial score (nSPS) is 11.8. The fraction of sp³-hybridized carbons (Fsp3) is 0.115. The van der Waals surface area contributed by atoms with Crippen LogP contribution in [0.5, 0.6) is 11.5 Å². The molecule has 156 valence electrons. The fourth-order valence-corrected chi connectivity index (χ4v) is 3.53. The van der Waals surface area contributed by atoms with Gasteiger partial charge in [0.2, 0.25) is 0 Å². The molecule has 4 nitrogen and oxygen atoms in total. The summed E-state index contributed by atoms with van der Waals surface area (Å²) < 4.78 is 17.5. The van der Waals surface area contributed by atoms with Gasteiger partial charge < -0.3 is 14.2 Å². The van der Waals surface area contributed by atoms with Gasteiger partial charge in [-0.1, -0.05) is 66.7 Å². The highest BCUT2D eigenvalue weighted by Crippen LogP contribution is 2.36. The van der Waals surface area contributed by atoms with E-state index < -0.39 is 12.1 Å². The minimum atomic E-state index is -0.626. The predicted octanol–water partition coefficient (Wildman–Crippen LogP) is 6.20. The second-order valence-corrected chi connectivity index (χ2v) is 7.43. The molecule has 0 N–H and O–H groups in total. The molecular formula is C26H21ClO4. The van der Waals surface area contributed by atoms with E-state index in [1.807, 2.05) is 72.8 Å². The van der Waals surface area contributed by atoms with Gasteiger partial charge in [0, 0.05) is 21.9 Å². The maximum Gasteiger partial charge on any atom is 0.330 e. The number of rotatable bonds is 8. The van der Waals surface area contributed by atoms with Gasteiger partial charge >= 0.3 is 5.97 Å². The molecule has 0 heterocycles. The molecule has 4 rings (SSSR count). The van der Waals surface area contributed by atoms with E-state index in [2.05, 4.69) is 12.6 Å². The quantitative estimate of drug-likeness (QED) is 0.189. The van der Waals surface area contributed by atoms with Crippen LogP contribution in [0.4, 0.5) is 0 Å². The molecule has 5 heteroatoms. The summed E-state index contributed by atoms with van der Waals surface area (Å²) in [4.78, 5) is 11.8. The first-order chi connectivity index (χ1) is 15.1. The predicted molar refractivity (Wildman–Crippen MR) is 124 cm³/mol. The van der Waals surface area contributed by atoms with Crippen molar-refractivity contribution in [1.29, 1.82) is 0 Å². The second kappa shape index (κ2) is 9.54. The molecule has 0 bridgehead atoms. The van der Waals surface area contributed by atoms with E-state index in [0.717, 1.165) is 27.6 Å². The summed E-state index contributed by atoms with van der Waals surface area (Å²) in [5.74, 6) is 0.843. The molecule has 0 aliphatic rings. The van der Waals surface area contributed by atoms with Gasteiger partial charge in [0.1, 0.15) is 24.7 Å². The molecule has 0 saturated heterocycles.